The van der Waals surface area contributed by atoms with Crippen LogP contribution in [0.2, 0.25) is 0 Å². The van der Waals surface area contributed by atoms with Gasteiger partial charge < -0.3 is 26.0 Å². The zero-order valence-electron chi connectivity index (χ0n) is 19.8. The van der Waals surface area contributed by atoms with E-state index < -0.39 is 35.2 Å². The molecular formula is C26H31N3O5. The highest BCUT2D eigenvalue weighted by molar-refractivity contribution is 6.15. The molecule has 3 aliphatic rings. The minimum Gasteiger partial charge on any atom is -0.454 e. The van der Waals surface area contributed by atoms with Crippen LogP contribution in [0.15, 0.2) is 36.4 Å². The van der Waals surface area contributed by atoms with Crippen LogP contribution in [-0.4, -0.2) is 53.0 Å². The molecule has 2 aromatic rings. The quantitative estimate of drug-likeness (QED) is 0.480. The van der Waals surface area contributed by atoms with Crippen LogP contribution in [0.5, 0.6) is 5.75 Å². The van der Waals surface area contributed by atoms with Crippen LogP contribution >= 0.6 is 0 Å². The normalized spacial score (nSPS) is 27.4. The molecule has 5 rings (SSSR count). The number of anilines is 1. The molecule has 5 atom stereocenters. The number of ketones is 1. The number of hydrogen-bond donors (Lipinski definition) is 4. The predicted octanol–water partition coefficient (Wildman–Crippen LogP) is 1.84. The molecule has 1 saturated carbocycles. The van der Waals surface area contributed by atoms with Gasteiger partial charge in [-0.1, -0.05) is 31.2 Å². The fourth-order valence-electron chi connectivity index (χ4n) is 5.68. The van der Waals surface area contributed by atoms with Crippen molar-refractivity contribution in [2.24, 2.45) is 5.92 Å². The van der Waals surface area contributed by atoms with Crippen LogP contribution in [0.1, 0.15) is 59.7 Å². The van der Waals surface area contributed by atoms with E-state index in [1.807, 2.05) is 12.1 Å². The maximum atomic E-state index is 14.0. The number of Topliss-reactive ketones (excluding diaryl/α,β-unsaturated/α-hetero) is 1. The summed E-state index contributed by atoms with van der Waals surface area (Å²) in [5.74, 6) is -2.03. The second kappa shape index (κ2) is 7.53. The molecule has 0 bridgehead atoms. The number of amides is 1. The van der Waals surface area contributed by atoms with Crippen molar-refractivity contribution in [3.8, 4) is 5.75 Å². The number of likely N-dealkylation sites (N-methyl/N-ethyl adjacent to an activating group) is 1. The Labute approximate surface area is 198 Å². The highest BCUT2D eigenvalue weighted by atomic mass is 16.6. The van der Waals surface area contributed by atoms with Crippen molar-refractivity contribution < 1.29 is 24.5 Å². The van der Waals surface area contributed by atoms with E-state index in [4.69, 9.17) is 10.5 Å². The monoisotopic (exact) mass is 465 g/mol. The Balaban J connectivity index is 1.68. The number of rotatable bonds is 6. The Morgan fingerprint density at radius 1 is 1.21 bits per heavy atom. The summed E-state index contributed by atoms with van der Waals surface area (Å²) in [5, 5.41) is 25.1. The predicted molar refractivity (Wildman–Crippen MR) is 126 cm³/mol. The lowest BCUT2D eigenvalue weighted by molar-refractivity contribution is -0.177. The van der Waals surface area contributed by atoms with E-state index in [1.54, 1.807) is 43.3 Å². The zero-order chi connectivity index (χ0) is 24.6. The number of aliphatic hydroxyl groups excluding tert-OH is 1. The first-order valence-electron chi connectivity index (χ1n) is 11.7. The highest BCUT2D eigenvalue weighted by Gasteiger charge is 2.72. The molecule has 2 unspecified atom stereocenters. The molecule has 1 fully saturated rings. The molecule has 0 radical (unpaired) electrons. The van der Waals surface area contributed by atoms with Crippen molar-refractivity contribution in [3.05, 3.63) is 58.7 Å². The summed E-state index contributed by atoms with van der Waals surface area (Å²) >= 11 is 0. The molecule has 1 amide bonds. The van der Waals surface area contributed by atoms with E-state index in [0.29, 0.717) is 23.1 Å². The van der Waals surface area contributed by atoms with Crippen molar-refractivity contribution in [1.29, 1.82) is 0 Å². The Hall–Kier alpha value is -2.94. The first kappa shape index (κ1) is 22.8. The van der Waals surface area contributed by atoms with Gasteiger partial charge in [0, 0.05) is 16.8 Å². The molecule has 0 spiro atoms. The van der Waals surface area contributed by atoms with Crippen molar-refractivity contribution in [1.82, 2.24) is 10.2 Å². The summed E-state index contributed by atoms with van der Waals surface area (Å²) in [7, 11) is 3.32. The molecule has 1 heterocycles. The minimum absolute atomic E-state index is 0.129. The lowest BCUT2D eigenvalue weighted by atomic mass is 9.81. The standard InChI is InChI=1S/C26H31N3O5/c1-13(15-8-9-15)16-10-11-17-20(12-16)34-26(33)18-6-5-7-19(27)21(18)23(31)25(17,26)28-24(32)22(14(2)30)29(3)4/h5-7,10-15,22,30,33H,8-9,27H2,1-4H3,(H,28,32)/t13-,14+,22+,25?,26?/m1/s1. The molecular weight excluding hydrogens is 434 g/mol. The van der Waals surface area contributed by atoms with Gasteiger partial charge in [-0.3, -0.25) is 14.5 Å². The van der Waals surface area contributed by atoms with Crippen LogP contribution in [0.3, 0.4) is 0 Å². The number of benzene rings is 2. The molecule has 1 aliphatic heterocycles. The maximum absolute atomic E-state index is 14.0. The number of aliphatic hydroxyl groups is 2. The molecule has 0 saturated heterocycles. The summed E-state index contributed by atoms with van der Waals surface area (Å²) in [5.41, 5.74) is 6.19. The van der Waals surface area contributed by atoms with Gasteiger partial charge in [0.1, 0.15) is 11.8 Å². The van der Waals surface area contributed by atoms with Crippen molar-refractivity contribution >= 4 is 17.4 Å². The third kappa shape index (κ3) is 2.95. The van der Waals surface area contributed by atoms with E-state index in [9.17, 15) is 19.8 Å². The first-order chi connectivity index (χ1) is 16.0. The number of carbonyl (C=O) groups excluding carboxylic acids is 2. The zero-order valence-corrected chi connectivity index (χ0v) is 19.8. The second-order valence-corrected chi connectivity index (χ2v) is 10.1. The summed E-state index contributed by atoms with van der Waals surface area (Å²) in [6.07, 6.45) is 1.34. The summed E-state index contributed by atoms with van der Waals surface area (Å²) in [6, 6.07) is 9.41. The van der Waals surface area contributed by atoms with Gasteiger partial charge in [-0.25, -0.2) is 0 Å². The fourth-order valence-corrected chi connectivity index (χ4v) is 5.68. The van der Waals surface area contributed by atoms with E-state index >= 15 is 0 Å². The van der Waals surface area contributed by atoms with Crippen molar-refractivity contribution in [2.45, 2.75) is 56.1 Å². The Kier molecular flexibility index (Phi) is 5.06. The Morgan fingerprint density at radius 3 is 2.53 bits per heavy atom. The van der Waals surface area contributed by atoms with E-state index in [-0.39, 0.29) is 16.8 Å². The van der Waals surface area contributed by atoms with Crippen LogP contribution in [0.4, 0.5) is 5.69 Å². The molecule has 8 heteroatoms. The van der Waals surface area contributed by atoms with Crippen molar-refractivity contribution in [2.75, 3.05) is 19.8 Å². The Morgan fingerprint density at radius 2 is 1.91 bits per heavy atom. The number of hydrogen-bond acceptors (Lipinski definition) is 7. The number of nitrogens with zero attached hydrogens (tertiary/aromatic N) is 1. The Bertz CT molecular complexity index is 1180. The van der Waals surface area contributed by atoms with Crippen molar-refractivity contribution in [3.63, 3.8) is 0 Å². The minimum atomic E-state index is -2.18. The van der Waals surface area contributed by atoms with Gasteiger partial charge in [-0.15, -0.1) is 0 Å². The first-order valence-corrected chi connectivity index (χ1v) is 11.7. The summed E-state index contributed by atoms with van der Waals surface area (Å²) < 4.78 is 6.15. The molecule has 8 nitrogen and oxygen atoms in total. The molecule has 5 N–H and O–H groups in total. The smallest absolute Gasteiger partial charge is 0.271 e. The van der Waals surface area contributed by atoms with E-state index in [2.05, 4.69) is 12.2 Å². The van der Waals surface area contributed by atoms with Gasteiger partial charge in [-0.05, 0) is 63.4 Å². The number of nitrogen functional groups attached to an aromatic ring is 1. The average molecular weight is 466 g/mol. The number of ether oxygens (including phenoxy) is 1. The average Bonchev–Trinajstić information content (AvgIpc) is 3.55. The molecule has 0 aromatic heterocycles. The summed E-state index contributed by atoms with van der Waals surface area (Å²) in [4.78, 5) is 29.0. The van der Waals surface area contributed by atoms with Gasteiger partial charge in [0.15, 0.2) is 0 Å². The highest BCUT2D eigenvalue weighted by Crippen LogP contribution is 2.59. The van der Waals surface area contributed by atoms with Crippen LogP contribution in [0, 0.1) is 5.92 Å². The number of nitrogens with one attached hydrogen (secondary N) is 1. The van der Waals surface area contributed by atoms with Crippen LogP contribution in [0.25, 0.3) is 0 Å². The number of carbonyl (C=O) groups is 2. The lowest BCUT2D eigenvalue weighted by Crippen LogP contribution is -2.64. The van der Waals surface area contributed by atoms with Gasteiger partial charge in [0.05, 0.1) is 11.7 Å². The molecule has 2 aromatic carbocycles. The topological polar surface area (TPSA) is 125 Å². The lowest BCUT2D eigenvalue weighted by Gasteiger charge is -2.37. The molecule has 34 heavy (non-hydrogen) atoms. The van der Waals surface area contributed by atoms with Crippen LogP contribution < -0.4 is 15.8 Å². The largest absolute Gasteiger partial charge is 0.454 e. The maximum Gasteiger partial charge on any atom is 0.271 e. The van der Waals surface area contributed by atoms with E-state index in [1.165, 1.54) is 19.8 Å². The van der Waals surface area contributed by atoms with E-state index in [0.717, 1.165) is 5.56 Å². The van der Waals surface area contributed by atoms with Gasteiger partial charge in [0.2, 0.25) is 17.2 Å². The van der Waals surface area contributed by atoms with Crippen LogP contribution in [-0.2, 0) is 16.1 Å². The number of nitrogens with two attached hydrogens (primary N) is 1. The van der Waals surface area contributed by atoms with Gasteiger partial charge >= 0.3 is 0 Å². The number of fused-ring (bicyclic) bond motifs is 5. The molecule has 2 aliphatic carbocycles. The molecule has 180 valence electrons. The fraction of sp³-hybridized carbons (Fsp3) is 0.462. The second-order valence-electron chi connectivity index (χ2n) is 10.1. The third-order valence-corrected chi connectivity index (χ3v) is 7.65. The summed E-state index contributed by atoms with van der Waals surface area (Å²) in [6.45, 7) is 3.66. The third-order valence-electron chi connectivity index (χ3n) is 7.65. The SMILES string of the molecule is C[C@H](O)[C@@H](C(=O)NC12C(=O)c3c(N)cccc3C1(O)Oc1cc([C@H](C)C3CC3)ccc12)N(C)C. The van der Waals surface area contributed by atoms with Gasteiger partial charge in [-0.2, -0.15) is 0 Å². The van der Waals surface area contributed by atoms with Gasteiger partial charge in [0.25, 0.3) is 5.79 Å².